The van der Waals surface area contributed by atoms with E-state index < -0.39 is 61.6 Å². The molecule has 1 saturated heterocycles. The highest BCUT2D eigenvalue weighted by molar-refractivity contribution is 7.92. The first-order valence-corrected chi connectivity index (χ1v) is 17.6. The van der Waals surface area contributed by atoms with Gasteiger partial charge in [0.2, 0.25) is 5.95 Å². The first-order chi connectivity index (χ1) is 23.0. The molecule has 1 N–H and O–H groups in total. The van der Waals surface area contributed by atoms with Crippen LogP contribution in [0.3, 0.4) is 0 Å². The summed E-state index contributed by atoms with van der Waals surface area (Å²) in [6.45, 7) is 8.22. The van der Waals surface area contributed by atoms with E-state index in [0.717, 1.165) is 25.0 Å². The number of unbranched alkanes of at least 4 members (excludes halogenated alkanes) is 1. The maximum atomic E-state index is 16.1. The van der Waals surface area contributed by atoms with Crippen molar-refractivity contribution in [3.8, 4) is 11.5 Å². The fourth-order valence-corrected chi connectivity index (χ4v) is 7.56. The Morgan fingerprint density at radius 3 is 2.49 bits per heavy atom. The van der Waals surface area contributed by atoms with Crippen LogP contribution in [0.1, 0.15) is 58.9 Å². The van der Waals surface area contributed by atoms with Crippen molar-refractivity contribution < 1.29 is 40.6 Å². The molecule has 0 radical (unpaired) electrons. The predicted octanol–water partition coefficient (Wildman–Crippen LogP) is 7.48. The molecule has 15 heteroatoms. The van der Waals surface area contributed by atoms with Gasteiger partial charge in [-0.2, -0.15) is 4.39 Å². The molecule has 0 aliphatic carbocycles. The lowest BCUT2D eigenvalue weighted by atomic mass is 9.84. The Bertz CT molecular complexity index is 1780. The second-order valence-corrected chi connectivity index (χ2v) is 15.4. The molecule has 0 unspecified atom stereocenters. The third kappa shape index (κ3) is 9.21. The van der Waals surface area contributed by atoms with Crippen molar-refractivity contribution in [2.75, 3.05) is 43.1 Å². The second kappa shape index (κ2) is 15.3. The van der Waals surface area contributed by atoms with Crippen LogP contribution in [-0.2, 0) is 21.3 Å². The lowest BCUT2D eigenvalue weighted by Gasteiger charge is -2.28. The highest BCUT2D eigenvalue weighted by atomic mass is 35.5. The van der Waals surface area contributed by atoms with Crippen LogP contribution >= 0.6 is 11.6 Å². The van der Waals surface area contributed by atoms with Gasteiger partial charge < -0.3 is 24.4 Å². The van der Waals surface area contributed by atoms with E-state index in [4.69, 9.17) is 25.8 Å². The van der Waals surface area contributed by atoms with Crippen LogP contribution in [0.15, 0.2) is 47.4 Å². The highest BCUT2D eigenvalue weighted by Gasteiger charge is 2.39. The van der Waals surface area contributed by atoms with Crippen molar-refractivity contribution in [2.45, 2.75) is 70.4 Å². The number of halogens is 4. The molecule has 1 fully saturated rings. The van der Waals surface area contributed by atoms with Gasteiger partial charge in [0.1, 0.15) is 33.8 Å². The Kier molecular flexibility index (Phi) is 11.9. The van der Waals surface area contributed by atoms with Gasteiger partial charge in [0.25, 0.3) is 10.0 Å². The Morgan fingerprint density at radius 2 is 1.84 bits per heavy atom. The molecule has 49 heavy (non-hydrogen) atoms. The SMILES string of the molecule is COc1ccc(CN(c2cccc(F)n2)S(=O)(=O)c2c(F)cc(N3CC[C@](C)(CCCCNC(=O)OC(C)(C)C)C3)c(Cl)c2F)c(OC)c1. The molecule has 0 spiro atoms. The van der Waals surface area contributed by atoms with E-state index >= 15 is 8.78 Å². The van der Waals surface area contributed by atoms with Crippen LogP contribution in [0.5, 0.6) is 11.5 Å². The molecule has 3 aromatic rings. The summed E-state index contributed by atoms with van der Waals surface area (Å²) in [7, 11) is -2.26. The summed E-state index contributed by atoms with van der Waals surface area (Å²) >= 11 is 6.46. The Hall–Kier alpha value is -3.91. The summed E-state index contributed by atoms with van der Waals surface area (Å²) in [5, 5.41) is 2.18. The fraction of sp³-hybridized carbons (Fsp3) is 0.471. The third-order valence-electron chi connectivity index (χ3n) is 8.18. The number of nitrogens with one attached hydrogen (secondary N) is 1. The van der Waals surface area contributed by atoms with Gasteiger partial charge in [0.15, 0.2) is 10.7 Å². The predicted molar refractivity (Wildman–Crippen MR) is 182 cm³/mol. The molecular weight excluding hydrogens is 685 g/mol. The summed E-state index contributed by atoms with van der Waals surface area (Å²) in [5.74, 6) is -3.59. The average molecular weight is 727 g/mol. The topological polar surface area (TPSA) is 110 Å². The van der Waals surface area contributed by atoms with Crippen LogP contribution in [-0.4, -0.2) is 58.9 Å². The Balaban J connectivity index is 1.56. The zero-order valence-corrected chi connectivity index (χ0v) is 30.0. The number of rotatable bonds is 13. The van der Waals surface area contributed by atoms with E-state index in [0.29, 0.717) is 48.1 Å². The summed E-state index contributed by atoms with van der Waals surface area (Å²) in [6.07, 6.45) is 2.50. The molecule has 1 amide bonds. The van der Waals surface area contributed by atoms with Gasteiger partial charge in [-0.1, -0.05) is 31.0 Å². The lowest BCUT2D eigenvalue weighted by Crippen LogP contribution is -2.33. The molecule has 10 nitrogen and oxygen atoms in total. The number of ether oxygens (including phenoxy) is 3. The van der Waals surface area contributed by atoms with Crippen molar-refractivity contribution in [1.29, 1.82) is 0 Å². The molecule has 1 aliphatic heterocycles. The average Bonchev–Trinajstić information content (AvgIpc) is 3.41. The highest BCUT2D eigenvalue weighted by Crippen LogP contribution is 2.43. The minimum atomic E-state index is -5.07. The zero-order valence-electron chi connectivity index (χ0n) is 28.4. The quantitative estimate of drug-likeness (QED) is 0.110. The molecular formula is C34H42ClF3N4O6S. The summed E-state index contributed by atoms with van der Waals surface area (Å²) < 4.78 is 90.9. The smallest absolute Gasteiger partial charge is 0.407 e. The summed E-state index contributed by atoms with van der Waals surface area (Å²) in [5.41, 5.74) is -0.488. The van der Waals surface area contributed by atoms with E-state index in [-0.39, 0.29) is 16.9 Å². The molecule has 1 aliphatic rings. The van der Waals surface area contributed by atoms with Crippen LogP contribution < -0.4 is 24.0 Å². The van der Waals surface area contributed by atoms with Crippen molar-refractivity contribution in [1.82, 2.24) is 10.3 Å². The number of aromatic nitrogens is 1. The number of benzene rings is 2. The largest absolute Gasteiger partial charge is 0.497 e. The first-order valence-electron chi connectivity index (χ1n) is 15.7. The number of sulfonamides is 1. The number of methoxy groups -OCH3 is 2. The number of nitrogens with zero attached hydrogens (tertiary/aromatic N) is 3. The maximum Gasteiger partial charge on any atom is 0.407 e. The number of hydrogen-bond donors (Lipinski definition) is 1. The van der Waals surface area contributed by atoms with Crippen molar-refractivity contribution in [3.05, 3.63) is 70.6 Å². The van der Waals surface area contributed by atoms with Crippen LogP contribution in [0, 0.1) is 23.0 Å². The lowest BCUT2D eigenvalue weighted by molar-refractivity contribution is 0.0526. The van der Waals surface area contributed by atoms with E-state index in [1.54, 1.807) is 31.7 Å². The molecule has 4 rings (SSSR count). The van der Waals surface area contributed by atoms with Crippen LogP contribution in [0.2, 0.25) is 5.02 Å². The molecule has 268 valence electrons. The minimum absolute atomic E-state index is 0.0261. The monoisotopic (exact) mass is 726 g/mol. The molecule has 0 saturated carbocycles. The van der Waals surface area contributed by atoms with Crippen LogP contribution in [0.25, 0.3) is 0 Å². The van der Waals surface area contributed by atoms with E-state index in [1.165, 1.54) is 38.5 Å². The third-order valence-corrected chi connectivity index (χ3v) is 10.3. The molecule has 2 heterocycles. The Morgan fingerprint density at radius 1 is 1.10 bits per heavy atom. The fourth-order valence-electron chi connectivity index (χ4n) is 5.72. The molecule has 1 atom stereocenters. The number of hydrogen-bond acceptors (Lipinski definition) is 8. The van der Waals surface area contributed by atoms with Gasteiger partial charge in [0.05, 0.1) is 26.5 Å². The van der Waals surface area contributed by atoms with Gasteiger partial charge in [-0.05, 0) is 69.7 Å². The Labute approximate surface area is 290 Å². The molecule has 1 aromatic heterocycles. The van der Waals surface area contributed by atoms with Crippen LogP contribution in [0.4, 0.5) is 29.5 Å². The second-order valence-electron chi connectivity index (χ2n) is 13.2. The summed E-state index contributed by atoms with van der Waals surface area (Å²) in [4.78, 5) is 16.0. The number of amides is 1. The van der Waals surface area contributed by atoms with Gasteiger partial charge in [0, 0.05) is 37.3 Å². The van der Waals surface area contributed by atoms with Gasteiger partial charge in [-0.25, -0.2) is 31.3 Å². The van der Waals surface area contributed by atoms with Gasteiger partial charge in [-0.15, -0.1) is 0 Å². The number of alkyl carbamates (subject to hydrolysis) is 1. The number of anilines is 2. The number of pyridine rings is 1. The summed E-state index contributed by atoms with van der Waals surface area (Å²) in [6, 6.07) is 8.96. The minimum Gasteiger partial charge on any atom is -0.497 e. The normalized spacial score (nSPS) is 16.4. The van der Waals surface area contributed by atoms with E-state index in [2.05, 4.69) is 17.2 Å². The van der Waals surface area contributed by atoms with E-state index in [1.807, 2.05) is 0 Å². The van der Waals surface area contributed by atoms with Gasteiger partial charge in [-0.3, -0.25) is 0 Å². The number of carbonyl (C=O) groups excluding carboxylic acids is 1. The zero-order chi connectivity index (χ0) is 36.1. The molecule has 2 aromatic carbocycles. The first kappa shape index (κ1) is 37.9. The number of carbonyl (C=O) groups is 1. The van der Waals surface area contributed by atoms with Gasteiger partial charge >= 0.3 is 6.09 Å². The van der Waals surface area contributed by atoms with Crippen molar-refractivity contribution >= 4 is 39.2 Å². The van der Waals surface area contributed by atoms with Crippen molar-refractivity contribution in [3.63, 3.8) is 0 Å². The maximum absolute atomic E-state index is 16.1. The standard InChI is InChI=1S/C34H42ClF3N4O6S/c1-33(2,3)48-32(43)39-16-8-7-14-34(4)15-17-41(21-34)25-19-24(36)31(30(38)29(25)35)49(44,45)42(28-11-9-10-27(37)40-28)20-22-12-13-23(46-5)18-26(22)47-6/h9-13,18-19H,7-8,14-17,20-21H2,1-6H3,(H,39,43)/t34-/m0/s1. The van der Waals surface area contributed by atoms with E-state index in [9.17, 15) is 17.6 Å². The van der Waals surface area contributed by atoms with Crippen molar-refractivity contribution in [2.24, 2.45) is 5.41 Å². The molecule has 0 bridgehead atoms.